The van der Waals surface area contributed by atoms with E-state index in [0.29, 0.717) is 11.8 Å². The Kier molecular flexibility index (Phi) is 6.70. The number of carbonyl (C=O) groups excluding carboxylic acids is 2. The van der Waals surface area contributed by atoms with E-state index in [0.717, 1.165) is 33.5 Å². The van der Waals surface area contributed by atoms with Gasteiger partial charge in [0.25, 0.3) is 18.0 Å². The Bertz CT molecular complexity index is 1120. The largest absolute Gasteiger partial charge is 0.428 e. The summed E-state index contributed by atoms with van der Waals surface area (Å²) in [5.74, 6) is -3.89. The van der Waals surface area contributed by atoms with Crippen molar-refractivity contribution in [3.05, 3.63) is 63.7 Å². The number of amides is 2. The Labute approximate surface area is 184 Å². The minimum atomic E-state index is -5.44. The average molecular weight is 520 g/mol. The highest BCUT2D eigenvalue weighted by atomic mass is 79.9. The van der Waals surface area contributed by atoms with Gasteiger partial charge in [-0.05, 0) is 30.3 Å². The molecule has 1 aromatic heterocycles. The van der Waals surface area contributed by atoms with Crippen LogP contribution in [0.25, 0.3) is 11.3 Å². The summed E-state index contributed by atoms with van der Waals surface area (Å²) >= 11 is 4.39. The molecule has 162 valence electrons. The van der Waals surface area contributed by atoms with E-state index in [1.807, 2.05) is 0 Å². The highest BCUT2D eigenvalue weighted by Gasteiger charge is 2.45. The molecule has 0 aliphatic heterocycles. The van der Waals surface area contributed by atoms with E-state index in [4.69, 9.17) is 0 Å². The zero-order chi connectivity index (χ0) is 22.8. The molecule has 12 heteroatoms. The monoisotopic (exact) mass is 519 g/mol. The fourth-order valence-corrected chi connectivity index (χ4v) is 3.39. The van der Waals surface area contributed by atoms with Crippen molar-refractivity contribution in [2.75, 3.05) is 10.6 Å². The molecule has 0 saturated carbocycles. The molecule has 3 rings (SSSR count). The molecule has 2 aromatic carbocycles. The zero-order valence-corrected chi connectivity index (χ0v) is 17.5. The first kappa shape index (κ1) is 22.8. The van der Waals surface area contributed by atoms with Crippen LogP contribution in [0.5, 0.6) is 0 Å². The second-order valence-electron chi connectivity index (χ2n) is 6.08. The maximum absolute atomic E-state index is 13.5. The molecule has 2 N–H and O–H groups in total. The van der Waals surface area contributed by atoms with E-state index in [2.05, 4.69) is 26.2 Å². The Morgan fingerprint density at radius 3 is 2.39 bits per heavy atom. The highest BCUT2D eigenvalue weighted by molar-refractivity contribution is 9.10. The van der Waals surface area contributed by atoms with Crippen molar-refractivity contribution in [2.24, 2.45) is 0 Å². The normalized spacial score (nSPS) is 12.3. The number of alkyl halides is 4. The summed E-state index contributed by atoms with van der Waals surface area (Å²) in [5, 5.41) is 5.85. The molecule has 0 saturated heterocycles. The third-order valence-electron chi connectivity index (χ3n) is 3.87. The Morgan fingerprint density at radius 1 is 1.06 bits per heavy atom. The lowest BCUT2D eigenvalue weighted by atomic mass is 10.1. The third-order valence-corrected chi connectivity index (χ3v) is 5.15. The third kappa shape index (κ3) is 5.64. The first-order valence-electron chi connectivity index (χ1n) is 8.38. The SMILES string of the molecule is O=C(Nc1nc(-c2ccc(Br)cc2)cs1)c1ccc(F)cc1NC(=O)C(F)C(F)(F)F. The lowest BCUT2D eigenvalue weighted by molar-refractivity contribution is -0.183. The van der Waals surface area contributed by atoms with Gasteiger partial charge < -0.3 is 5.32 Å². The summed E-state index contributed by atoms with van der Waals surface area (Å²) in [6.45, 7) is 0. The molecule has 0 aliphatic carbocycles. The number of carbonyl (C=O) groups is 2. The maximum atomic E-state index is 13.5. The first-order valence-corrected chi connectivity index (χ1v) is 10.1. The molecule has 1 heterocycles. The second kappa shape index (κ2) is 9.10. The van der Waals surface area contributed by atoms with E-state index in [-0.39, 0.29) is 10.7 Å². The summed E-state index contributed by atoms with van der Waals surface area (Å²) in [5.41, 5.74) is 0.352. The number of hydrogen-bond donors (Lipinski definition) is 2. The minimum Gasteiger partial charge on any atom is -0.322 e. The molecule has 1 atom stereocenters. The van der Waals surface area contributed by atoms with Gasteiger partial charge in [0.15, 0.2) is 5.13 Å². The van der Waals surface area contributed by atoms with Gasteiger partial charge in [-0.2, -0.15) is 13.2 Å². The van der Waals surface area contributed by atoms with Crippen LogP contribution >= 0.6 is 27.3 Å². The van der Waals surface area contributed by atoms with Gasteiger partial charge >= 0.3 is 6.18 Å². The predicted molar refractivity (Wildman–Crippen MR) is 109 cm³/mol. The van der Waals surface area contributed by atoms with E-state index >= 15 is 0 Å². The van der Waals surface area contributed by atoms with E-state index in [1.165, 1.54) is 0 Å². The van der Waals surface area contributed by atoms with Gasteiger partial charge in [0, 0.05) is 15.4 Å². The summed E-state index contributed by atoms with van der Waals surface area (Å²) in [6.07, 6.45) is -9.27. The van der Waals surface area contributed by atoms with Crippen LogP contribution in [0.3, 0.4) is 0 Å². The molecular weight excluding hydrogens is 509 g/mol. The Balaban J connectivity index is 1.79. The van der Waals surface area contributed by atoms with Crippen molar-refractivity contribution in [1.82, 2.24) is 4.98 Å². The van der Waals surface area contributed by atoms with Crippen LogP contribution in [0.1, 0.15) is 10.4 Å². The quantitative estimate of drug-likeness (QED) is 0.418. The molecule has 0 bridgehead atoms. The number of halogens is 6. The van der Waals surface area contributed by atoms with E-state index in [1.54, 1.807) is 35.0 Å². The standard InChI is InChI=1S/C19H11BrF5N3O2S/c20-10-3-1-9(2-4-10)14-8-31-18(27-14)28-16(29)12-6-5-11(21)7-13(12)26-17(30)15(22)19(23,24)25/h1-8,15H,(H,26,30)(H,27,28,29). The van der Waals surface area contributed by atoms with Crippen molar-refractivity contribution in [3.8, 4) is 11.3 Å². The molecular formula is C19H11BrF5N3O2S. The van der Waals surface area contributed by atoms with E-state index < -0.39 is 35.7 Å². The summed E-state index contributed by atoms with van der Waals surface area (Å²) in [4.78, 5) is 28.3. The van der Waals surface area contributed by atoms with Crippen molar-refractivity contribution in [1.29, 1.82) is 0 Å². The minimum absolute atomic E-state index is 0.156. The molecule has 2 amide bonds. The number of thiazole rings is 1. The number of aromatic nitrogens is 1. The number of benzene rings is 2. The molecule has 0 radical (unpaired) electrons. The maximum Gasteiger partial charge on any atom is 0.428 e. The van der Waals surface area contributed by atoms with Crippen LogP contribution in [0.2, 0.25) is 0 Å². The fourth-order valence-electron chi connectivity index (χ4n) is 2.41. The molecule has 1 unspecified atom stereocenters. The van der Waals surface area contributed by atoms with Crippen LogP contribution < -0.4 is 10.6 Å². The molecule has 31 heavy (non-hydrogen) atoms. The molecule has 0 fully saturated rings. The summed E-state index contributed by atoms with van der Waals surface area (Å²) in [7, 11) is 0. The van der Waals surface area contributed by atoms with E-state index in [9.17, 15) is 31.5 Å². The molecule has 0 aliphatic rings. The second-order valence-corrected chi connectivity index (χ2v) is 7.86. The lowest BCUT2D eigenvalue weighted by Gasteiger charge is -2.14. The van der Waals surface area contributed by atoms with Crippen molar-refractivity contribution >= 4 is 49.9 Å². The van der Waals surface area contributed by atoms with Gasteiger partial charge in [-0.25, -0.2) is 13.8 Å². The van der Waals surface area contributed by atoms with Crippen LogP contribution in [0.4, 0.5) is 32.8 Å². The van der Waals surface area contributed by atoms with Crippen molar-refractivity contribution in [3.63, 3.8) is 0 Å². The zero-order valence-electron chi connectivity index (χ0n) is 15.1. The van der Waals surface area contributed by atoms with Gasteiger partial charge in [-0.15, -0.1) is 11.3 Å². The number of anilines is 2. The topological polar surface area (TPSA) is 71.1 Å². The number of hydrogen-bond acceptors (Lipinski definition) is 4. The Morgan fingerprint density at radius 2 is 1.74 bits per heavy atom. The predicted octanol–water partition coefficient (Wildman–Crippen LogP) is 5.80. The molecule has 5 nitrogen and oxygen atoms in total. The average Bonchev–Trinajstić information content (AvgIpc) is 3.15. The first-order chi connectivity index (χ1) is 14.5. The van der Waals surface area contributed by atoms with Crippen LogP contribution in [-0.2, 0) is 4.79 Å². The van der Waals surface area contributed by atoms with Gasteiger partial charge in [-0.1, -0.05) is 28.1 Å². The Hall–Kier alpha value is -2.86. The number of rotatable bonds is 5. The molecule has 0 spiro atoms. The highest BCUT2D eigenvalue weighted by Crippen LogP contribution is 2.28. The van der Waals surface area contributed by atoms with Crippen molar-refractivity contribution < 1.29 is 31.5 Å². The van der Waals surface area contributed by atoms with Gasteiger partial charge in [0.05, 0.1) is 16.9 Å². The number of nitrogens with zero attached hydrogens (tertiary/aromatic N) is 1. The van der Waals surface area contributed by atoms with Gasteiger partial charge in [0.2, 0.25) is 0 Å². The number of nitrogens with one attached hydrogen (secondary N) is 2. The van der Waals surface area contributed by atoms with Gasteiger partial charge in [-0.3, -0.25) is 14.9 Å². The van der Waals surface area contributed by atoms with Crippen molar-refractivity contribution in [2.45, 2.75) is 12.3 Å². The summed E-state index contributed by atoms with van der Waals surface area (Å²) in [6, 6.07) is 9.64. The van der Waals surface area contributed by atoms with Crippen LogP contribution in [-0.4, -0.2) is 29.1 Å². The smallest absolute Gasteiger partial charge is 0.322 e. The van der Waals surface area contributed by atoms with Gasteiger partial charge in [0.1, 0.15) is 5.82 Å². The summed E-state index contributed by atoms with van der Waals surface area (Å²) < 4.78 is 64.8. The molecule has 3 aromatic rings. The van der Waals surface area contributed by atoms with Crippen LogP contribution in [0, 0.1) is 5.82 Å². The van der Waals surface area contributed by atoms with Crippen LogP contribution in [0.15, 0.2) is 52.3 Å². The lowest BCUT2D eigenvalue weighted by Crippen LogP contribution is -2.37. The fraction of sp³-hybridized carbons (Fsp3) is 0.105.